The van der Waals surface area contributed by atoms with E-state index in [4.69, 9.17) is 0 Å². The molecule has 0 spiro atoms. The van der Waals surface area contributed by atoms with Gasteiger partial charge in [-0.1, -0.05) is 18.2 Å². The van der Waals surface area contributed by atoms with Crippen LogP contribution in [0.5, 0.6) is 5.75 Å². The second-order valence-electron chi connectivity index (χ2n) is 4.66. The number of phenols is 1. The molecule has 1 unspecified atom stereocenters. The SMILES string of the molecule is CNS(=O)(=O)c1ccc(NC(C)c2ccccc2O)cc1. The molecule has 5 nitrogen and oxygen atoms in total. The minimum Gasteiger partial charge on any atom is -0.508 e. The summed E-state index contributed by atoms with van der Waals surface area (Å²) >= 11 is 0. The van der Waals surface area contributed by atoms with Gasteiger partial charge in [-0.15, -0.1) is 0 Å². The summed E-state index contributed by atoms with van der Waals surface area (Å²) in [6, 6.07) is 13.5. The predicted molar refractivity (Wildman–Crippen MR) is 82.8 cm³/mol. The number of sulfonamides is 1. The van der Waals surface area contributed by atoms with E-state index in [1.54, 1.807) is 24.3 Å². The monoisotopic (exact) mass is 306 g/mol. The van der Waals surface area contributed by atoms with Gasteiger partial charge in [-0.3, -0.25) is 0 Å². The number of nitrogens with one attached hydrogen (secondary N) is 2. The molecule has 0 bridgehead atoms. The molecular formula is C15H18N2O3S. The van der Waals surface area contributed by atoms with Crippen molar-refractivity contribution in [2.45, 2.75) is 17.9 Å². The number of phenolic OH excluding ortho intramolecular Hbond substituents is 1. The summed E-state index contributed by atoms with van der Waals surface area (Å²) in [5.74, 6) is 0.229. The number of aromatic hydroxyl groups is 1. The highest BCUT2D eigenvalue weighted by molar-refractivity contribution is 7.89. The molecule has 0 aliphatic carbocycles. The van der Waals surface area contributed by atoms with Gasteiger partial charge in [-0.25, -0.2) is 13.1 Å². The topological polar surface area (TPSA) is 78.4 Å². The summed E-state index contributed by atoms with van der Waals surface area (Å²) in [6.45, 7) is 1.92. The van der Waals surface area contributed by atoms with E-state index in [0.29, 0.717) is 0 Å². The molecule has 2 rings (SSSR count). The molecule has 0 fully saturated rings. The van der Waals surface area contributed by atoms with Gasteiger partial charge < -0.3 is 10.4 Å². The molecular weight excluding hydrogens is 288 g/mol. The molecule has 1 atom stereocenters. The Hall–Kier alpha value is -2.05. The zero-order valence-corrected chi connectivity index (χ0v) is 12.7. The van der Waals surface area contributed by atoms with Gasteiger partial charge in [-0.2, -0.15) is 0 Å². The number of benzene rings is 2. The van der Waals surface area contributed by atoms with Crippen molar-refractivity contribution in [3.63, 3.8) is 0 Å². The zero-order valence-electron chi connectivity index (χ0n) is 11.9. The Morgan fingerprint density at radius 3 is 2.24 bits per heavy atom. The van der Waals surface area contributed by atoms with E-state index in [9.17, 15) is 13.5 Å². The Kier molecular flexibility index (Phi) is 4.50. The Morgan fingerprint density at radius 1 is 1.05 bits per heavy atom. The molecule has 0 aliphatic heterocycles. The van der Waals surface area contributed by atoms with Crippen LogP contribution in [-0.2, 0) is 10.0 Å². The smallest absolute Gasteiger partial charge is 0.240 e. The fraction of sp³-hybridized carbons (Fsp3) is 0.200. The molecule has 2 aromatic carbocycles. The largest absolute Gasteiger partial charge is 0.508 e. The fourth-order valence-corrected chi connectivity index (χ4v) is 2.76. The molecule has 0 aliphatic rings. The fourth-order valence-electron chi connectivity index (χ4n) is 2.03. The second kappa shape index (κ2) is 6.15. The van der Waals surface area contributed by atoms with Crippen LogP contribution in [0.15, 0.2) is 53.4 Å². The van der Waals surface area contributed by atoms with Crippen molar-refractivity contribution in [3.8, 4) is 5.75 Å². The molecule has 0 aromatic heterocycles. The van der Waals surface area contributed by atoms with Crippen molar-refractivity contribution in [1.29, 1.82) is 0 Å². The van der Waals surface area contributed by atoms with Crippen LogP contribution < -0.4 is 10.0 Å². The first-order valence-corrected chi connectivity index (χ1v) is 8.00. The number of anilines is 1. The van der Waals surface area contributed by atoms with Gasteiger partial charge in [0.05, 0.1) is 10.9 Å². The van der Waals surface area contributed by atoms with Crippen molar-refractivity contribution in [2.75, 3.05) is 12.4 Å². The average Bonchev–Trinajstić information content (AvgIpc) is 2.48. The number of hydrogen-bond donors (Lipinski definition) is 3. The molecule has 0 saturated heterocycles. The third-order valence-electron chi connectivity index (χ3n) is 3.22. The first kappa shape index (κ1) is 15.3. The molecule has 0 saturated carbocycles. The lowest BCUT2D eigenvalue weighted by Gasteiger charge is -2.17. The molecule has 0 heterocycles. The minimum atomic E-state index is -3.42. The molecule has 6 heteroatoms. The lowest BCUT2D eigenvalue weighted by molar-refractivity contribution is 0.465. The molecule has 112 valence electrons. The summed E-state index contributed by atoms with van der Waals surface area (Å²) in [4.78, 5) is 0.214. The summed E-state index contributed by atoms with van der Waals surface area (Å²) in [5.41, 5.74) is 1.56. The van der Waals surface area contributed by atoms with E-state index in [1.165, 1.54) is 19.2 Å². The van der Waals surface area contributed by atoms with Crippen LogP contribution in [-0.4, -0.2) is 20.6 Å². The van der Waals surface area contributed by atoms with E-state index in [1.807, 2.05) is 19.1 Å². The highest BCUT2D eigenvalue weighted by atomic mass is 32.2. The minimum absolute atomic E-state index is 0.0991. The van der Waals surface area contributed by atoms with E-state index >= 15 is 0 Å². The Bertz CT molecular complexity index is 712. The van der Waals surface area contributed by atoms with Gasteiger partial charge >= 0.3 is 0 Å². The summed E-state index contributed by atoms with van der Waals surface area (Å²) in [7, 11) is -2.04. The number of para-hydroxylation sites is 1. The standard InChI is InChI=1S/C15H18N2O3S/c1-11(14-5-3-4-6-15(14)18)17-12-7-9-13(10-8-12)21(19,20)16-2/h3-11,16-18H,1-2H3. The van der Waals surface area contributed by atoms with Crippen LogP contribution in [0, 0.1) is 0 Å². The van der Waals surface area contributed by atoms with Crippen LogP contribution in [0.3, 0.4) is 0 Å². The lowest BCUT2D eigenvalue weighted by Crippen LogP contribution is -2.18. The second-order valence-corrected chi connectivity index (χ2v) is 6.54. The van der Waals surface area contributed by atoms with Crippen LogP contribution in [0.2, 0.25) is 0 Å². The Morgan fingerprint density at radius 2 is 1.67 bits per heavy atom. The number of rotatable bonds is 5. The third kappa shape index (κ3) is 3.53. The molecule has 21 heavy (non-hydrogen) atoms. The first-order valence-electron chi connectivity index (χ1n) is 6.52. The van der Waals surface area contributed by atoms with Crippen molar-refractivity contribution >= 4 is 15.7 Å². The van der Waals surface area contributed by atoms with Crippen LogP contribution in [0.25, 0.3) is 0 Å². The van der Waals surface area contributed by atoms with Crippen LogP contribution in [0.1, 0.15) is 18.5 Å². The molecule has 0 amide bonds. The van der Waals surface area contributed by atoms with Gasteiger partial charge in [0.2, 0.25) is 10.0 Å². The van der Waals surface area contributed by atoms with Gasteiger partial charge in [0, 0.05) is 11.3 Å². The molecule has 3 N–H and O–H groups in total. The van der Waals surface area contributed by atoms with Crippen molar-refractivity contribution < 1.29 is 13.5 Å². The van der Waals surface area contributed by atoms with Crippen molar-refractivity contribution in [3.05, 3.63) is 54.1 Å². The van der Waals surface area contributed by atoms with Gasteiger partial charge in [0.1, 0.15) is 5.75 Å². The Labute approximate surface area is 124 Å². The number of hydrogen-bond acceptors (Lipinski definition) is 4. The highest BCUT2D eigenvalue weighted by Gasteiger charge is 2.12. The normalized spacial score (nSPS) is 12.9. The van der Waals surface area contributed by atoms with E-state index in [-0.39, 0.29) is 16.7 Å². The lowest BCUT2D eigenvalue weighted by atomic mass is 10.1. The molecule has 0 radical (unpaired) electrons. The molecule has 2 aromatic rings. The summed E-state index contributed by atoms with van der Waals surface area (Å²) in [5, 5.41) is 13.0. The van der Waals surface area contributed by atoms with Gasteiger partial charge in [-0.05, 0) is 44.3 Å². The maximum absolute atomic E-state index is 11.6. The van der Waals surface area contributed by atoms with Crippen molar-refractivity contribution in [1.82, 2.24) is 4.72 Å². The van der Waals surface area contributed by atoms with E-state index in [2.05, 4.69) is 10.0 Å². The Balaban J connectivity index is 2.16. The highest BCUT2D eigenvalue weighted by Crippen LogP contribution is 2.26. The maximum Gasteiger partial charge on any atom is 0.240 e. The van der Waals surface area contributed by atoms with Crippen LogP contribution in [0.4, 0.5) is 5.69 Å². The predicted octanol–water partition coefficient (Wildman–Crippen LogP) is 2.47. The quantitative estimate of drug-likeness (QED) is 0.793. The maximum atomic E-state index is 11.6. The van der Waals surface area contributed by atoms with Gasteiger partial charge in [0.25, 0.3) is 0 Å². The third-order valence-corrected chi connectivity index (χ3v) is 4.65. The first-order chi connectivity index (χ1) is 9.94. The van der Waals surface area contributed by atoms with Crippen LogP contribution >= 0.6 is 0 Å². The van der Waals surface area contributed by atoms with E-state index in [0.717, 1.165) is 11.3 Å². The zero-order chi connectivity index (χ0) is 15.5. The van der Waals surface area contributed by atoms with Crippen molar-refractivity contribution in [2.24, 2.45) is 0 Å². The summed E-state index contributed by atoms with van der Waals surface area (Å²) < 4.78 is 25.5. The average molecular weight is 306 g/mol. The summed E-state index contributed by atoms with van der Waals surface area (Å²) in [6.07, 6.45) is 0. The van der Waals surface area contributed by atoms with Gasteiger partial charge in [0.15, 0.2) is 0 Å². The van der Waals surface area contributed by atoms with E-state index < -0.39 is 10.0 Å².